The Morgan fingerprint density at radius 3 is 2.06 bits per heavy atom. The highest BCUT2D eigenvalue weighted by Gasteiger charge is 2.48. The number of hydrogen-bond acceptors (Lipinski definition) is 8. The number of esters is 2. The first-order valence-electron chi connectivity index (χ1n) is 5.33. The number of carbonyl (C=O) groups excluding carboxylic acids is 2. The third-order valence-electron chi connectivity index (χ3n) is 2.42. The molecule has 0 aromatic carbocycles. The largest absolute Gasteiger partial charge is 0.455 e. The highest BCUT2D eigenvalue weighted by atomic mass is 16.7. The number of ether oxygens (including phenoxy) is 3. The van der Waals surface area contributed by atoms with Crippen LogP contribution in [0.4, 0.5) is 0 Å². The van der Waals surface area contributed by atoms with E-state index < -0.39 is 49.3 Å². The predicted molar refractivity (Wildman–Crippen MR) is 55.1 cm³/mol. The topological polar surface area (TPSA) is 123 Å². The molecule has 5 atom stereocenters. The van der Waals surface area contributed by atoms with Crippen LogP contribution < -0.4 is 0 Å². The molecule has 1 fully saturated rings. The summed E-state index contributed by atoms with van der Waals surface area (Å²) in [6.07, 6.45) is -6.78. The first-order valence-corrected chi connectivity index (χ1v) is 5.33. The van der Waals surface area contributed by atoms with Crippen molar-refractivity contribution < 1.29 is 39.1 Å². The lowest BCUT2D eigenvalue weighted by atomic mass is 9.99. The minimum atomic E-state index is -1.60. The van der Waals surface area contributed by atoms with E-state index in [1.54, 1.807) is 0 Å². The van der Waals surface area contributed by atoms with Crippen molar-refractivity contribution in [2.24, 2.45) is 0 Å². The Bertz CT molecular complexity index is 317. The lowest BCUT2D eigenvalue weighted by Gasteiger charge is -2.40. The van der Waals surface area contributed by atoms with Crippen molar-refractivity contribution in [3.05, 3.63) is 0 Å². The van der Waals surface area contributed by atoms with Gasteiger partial charge in [-0.3, -0.25) is 9.59 Å². The molecule has 0 bridgehead atoms. The normalized spacial score (nSPS) is 35.9. The van der Waals surface area contributed by atoms with Gasteiger partial charge in [0.15, 0.2) is 18.5 Å². The second-order valence-corrected chi connectivity index (χ2v) is 3.89. The van der Waals surface area contributed by atoms with Gasteiger partial charge in [-0.2, -0.15) is 0 Å². The SMILES string of the molecule is CC(=O)O[C@@H]1[C@@H](OC(C)=O)[C@@H](O)[C@@H](CO)O[C@H]1O. The molecule has 0 saturated carbocycles. The second-order valence-electron chi connectivity index (χ2n) is 3.89. The summed E-state index contributed by atoms with van der Waals surface area (Å²) in [4.78, 5) is 21.8. The van der Waals surface area contributed by atoms with Gasteiger partial charge in [0.25, 0.3) is 0 Å². The standard InChI is InChI=1S/C10H16O8/c1-4(12)16-8-7(14)6(3-11)18-10(15)9(8)17-5(2)13/h6-11,14-15H,3H2,1-2H3/t6-,7+,8+,9-,10-/m1/s1. The van der Waals surface area contributed by atoms with Crippen LogP contribution in [0.3, 0.4) is 0 Å². The molecule has 8 heteroatoms. The second kappa shape index (κ2) is 6.10. The van der Waals surface area contributed by atoms with E-state index in [4.69, 9.17) is 19.3 Å². The van der Waals surface area contributed by atoms with Gasteiger partial charge in [0, 0.05) is 13.8 Å². The Morgan fingerprint density at radius 1 is 1.11 bits per heavy atom. The number of hydrogen-bond donors (Lipinski definition) is 3. The van der Waals surface area contributed by atoms with Crippen molar-refractivity contribution in [2.45, 2.75) is 44.6 Å². The molecule has 0 aromatic rings. The summed E-state index contributed by atoms with van der Waals surface area (Å²) in [5.41, 5.74) is 0. The number of aliphatic hydroxyl groups excluding tert-OH is 3. The zero-order valence-electron chi connectivity index (χ0n) is 9.98. The Morgan fingerprint density at radius 2 is 1.61 bits per heavy atom. The fraction of sp³-hybridized carbons (Fsp3) is 0.800. The smallest absolute Gasteiger partial charge is 0.303 e. The average Bonchev–Trinajstić information content (AvgIpc) is 2.27. The van der Waals surface area contributed by atoms with Gasteiger partial charge >= 0.3 is 11.9 Å². The van der Waals surface area contributed by atoms with Gasteiger partial charge in [-0.15, -0.1) is 0 Å². The maximum absolute atomic E-state index is 10.9. The Hall–Kier alpha value is -1.22. The third kappa shape index (κ3) is 3.39. The fourth-order valence-corrected chi connectivity index (χ4v) is 1.70. The predicted octanol–water partition coefficient (Wildman–Crippen LogP) is -2.08. The van der Waals surface area contributed by atoms with Gasteiger partial charge in [-0.25, -0.2) is 0 Å². The first-order chi connectivity index (χ1) is 8.36. The molecule has 1 aliphatic rings. The van der Waals surface area contributed by atoms with Crippen molar-refractivity contribution in [1.29, 1.82) is 0 Å². The van der Waals surface area contributed by atoms with Crippen molar-refractivity contribution in [2.75, 3.05) is 6.61 Å². The van der Waals surface area contributed by atoms with Gasteiger partial charge < -0.3 is 29.5 Å². The molecule has 104 valence electrons. The van der Waals surface area contributed by atoms with E-state index in [2.05, 4.69) is 0 Å². The van der Waals surface area contributed by atoms with Crippen molar-refractivity contribution in [1.82, 2.24) is 0 Å². The van der Waals surface area contributed by atoms with Gasteiger partial charge in [0.2, 0.25) is 0 Å². The Kier molecular flexibility index (Phi) is 5.03. The van der Waals surface area contributed by atoms with Crippen molar-refractivity contribution in [3.63, 3.8) is 0 Å². The average molecular weight is 264 g/mol. The van der Waals surface area contributed by atoms with Crippen molar-refractivity contribution >= 4 is 11.9 Å². The molecule has 1 heterocycles. The van der Waals surface area contributed by atoms with E-state index in [0.717, 1.165) is 13.8 Å². The molecule has 0 unspecified atom stereocenters. The van der Waals surface area contributed by atoms with Crippen LogP contribution in [0.25, 0.3) is 0 Å². The summed E-state index contributed by atoms with van der Waals surface area (Å²) >= 11 is 0. The minimum Gasteiger partial charge on any atom is -0.455 e. The van der Waals surface area contributed by atoms with Crippen LogP contribution in [0, 0.1) is 0 Å². The molecular weight excluding hydrogens is 248 g/mol. The molecular formula is C10H16O8. The Balaban J connectivity index is 2.89. The molecule has 18 heavy (non-hydrogen) atoms. The summed E-state index contributed by atoms with van der Waals surface area (Å²) in [6, 6.07) is 0. The van der Waals surface area contributed by atoms with Gasteiger partial charge in [0.05, 0.1) is 6.61 Å². The summed E-state index contributed by atoms with van der Waals surface area (Å²) in [5.74, 6) is -1.45. The van der Waals surface area contributed by atoms with Crippen LogP contribution in [-0.2, 0) is 23.8 Å². The van der Waals surface area contributed by atoms with E-state index in [9.17, 15) is 19.8 Å². The molecule has 3 N–H and O–H groups in total. The molecule has 8 nitrogen and oxygen atoms in total. The van der Waals surface area contributed by atoms with Gasteiger partial charge in [-0.05, 0) is 0 Å². The molecule has 1 rings (SSSR count). The highest BCUT2D eigenvalue weighted by molar-refractivity contribution is 5.67. The van der Waals surface area contributed by atoms with E-state index in [-0.39, 0.29) is 0 Å². The fourth-order valence-electron chi connectivity index (χ4n) is 1.70. The van der Waals surface area contributed by atoms with Crippen LogP contribution in [-0.4, -0.2) is 64.6 Å². The van der Waals surface area contributed by atoms with Gasteiger partial charge in [0.1, 0.15) is 12.2 Å². The lowest BCUT2D eigenvalue weighted by Crippen LogP contribution is -2.60. The first kappa shape index (κ1) is 14.8. The van der Waals surface area contributed by atoms with E-state index in [1.807, 2.05) is 0 Å². The molecule has 0 radical (unpaired) electrons. The summed E-state index contributed by atoms with van der Waals surface area (Å²) in [7, 11) is 0. The van der Waals surface area contributed by atoms with E-state index in [0.29, 0.717) is 0 Å². The van der Waals surface area contributed by atoms with E-state index >= 15 is 0 Å². The zero-order valence-corrected chi connectivity index (χ0v) is 9.98. The zero-order chi connectivity index (χ0) is 13.9. The monoisotopic (exact) mass is 264 g/mol. The maximum atomic E-state index is 10.9. The molecule has 0 aliphatic carbocycles. The molecule has 0 aromatic heterocycles. The van der Waals surface area contributed by atoms with Crippen LogP contribution in [0.15, 0.2) is 0 Å². The summed E-state index contributed by atoms with van der Waals surface area (Å²) < 4.78 is 14.4. The van der Waals surface area contributed by atoms with Crippen LogP contribution in [0.5, 0.6) is 0 Å². The third-order valence-corrected chi connectivity index (χ3v) is 2.42. The highest BCUT2D eigenvalue weighted by Crippen LogP contribution is 2.24. The lowest BCUT2D eigenvalue weighted by molar-refractivity contribution is -0.293. The number of aliphatic hydroxyl groups is 3. The van der Waals surface area contributed by atoms with Crippen LogP contribution in [0.1, 0.15) is 13.8 Å². The van der Waals surface area contributed by atoms with Crippen LogP contribution in [0.2, 0.25) is 0 Å². The summed E-state index contributed by atoms with van der Waals surface area (Å²) in [5, 5.41) is 28.4. The van der Waals surface area contributed by atoms with Crippen molar-refractivity contribution in [3.8, 4) is 0 Å². The summed E-state index contributed by atoms with van der Waals surface area (Å²) in [6.45, 7) is 1.62. The Labute approximate surface area is 103 Å². The number of rotatable bonds is 3. The van der Waals surface area contributed by atoms with Crippen LogP contribution >= 0.6 is 0 Å². The molecule has 0 spiro atoms. The quantitative estimate of drug-likeness (QED) is 0.496. The van der Waals surface area contributed by atoms with Gasteiger partial charge in [-0.1, -0.05) is 0 Å². The molecule has 0 amide bonds. The molecule has 1 saturated heterocycles. The minimum absolute atomic E-state index is 0.581. The number of carbonyl (C=O) groups is 2. The van der Waals surface area contributed by atoms with E-state index in [1.165, 1.54) is 0 Å². The maximum Gasteiger partial charge on any atom is 0.303 e. The molecule has 1 aliphatic heterocycles.